The molecule has 1 aromatic heterocycles. The molecule has 4 nitrogen and oxygen atoms in total. The first-order valence-corrected chi connectivity index (χ1v) is 7.50. The minimum absolute atomic E-state index is 0.694. The fourth-order valence-electron chi connectivity index (χ4n) is 1.90. The molecule has 0 amide bonds. The van der Waals surface area contributed by atoms with Gasteiger partial charge in [0.1, 0.15) is 0 Å². The summed E-state index contributed by atoms with van der Waals surface area (Å²) in [6, 6.07) is 8.21. The third-order valence-electron chi connectivity index (χ3n) is 2.80. The van der Waals surface area contributed by atoms with Crippen LogP contribution >= 0.6 is 11.8 Å². The van der Waals surface area contributed by atoms with Crippen LogP contribution < -0.4 is 0 Å². The molecule has 0 spiro atoms. The van der Waals surface area contributed by atoms with Crippen molar-refractivity contribution in [2.45, 2.75) is 18.6 Å². The van der Waals surface area contributed by atoms with Gasteiger partial charge >= 0.3 is 0 Å². The van der Waals surface area contributed by atoms with Gasteiger partial charge in [0.25, 0.3) is 0 Å². The molecule has 0 fully saturated rings. The first-order valence-electron chi connectivity index (χ1n) is 6.51. The number of methoxy groups -OCH3 is 1. The highest BCUT2D eigenvalue weighted by Gasteiger charge is 2.10. The number of imidazole rings is 1. The van der Waals surface area contributed by atoms with Gasteiger partial charge in [0.2, 0.25) is 0 Å². The monoisotopic (exact) mass is 280 g/mol. The predicted molar refractivity (Wildman–Crippen MR) is 78.8 cm³/mol. The van der Waals surface area contributed by atoms with Gasteiger partial charge in [-0.05, 0) is 19.1 Å². The highest BCUT2D eigenvalue weighted by molar-refractivity contribution is 7.99. The summed E-state index contributed by atoms with van der Waals surface area (Å²) >= 11 is 1.73. The average molecular weight is 280 g/mol. The van der Waals surface area contributed by atoms with Crippen molar-refractivity contribution in [3.63, 3.8) is 0 Å². The number of thioether (sulfide) groups is 1. The van der Waals surface area contributed by atoms with Crippen molar-refractivity contribution in [3.8, 4) is 0 Å². The Morgan fingerprint density at radius 2 is 2.11 bits per heavy atom. The first kappa shape index (κ1) is 14.4. The molecule has 2 rings (SSSR count). The summed E-state index contributed by atoms with van der Waals surface area (Å²) in [4.78, 5) is 4.68. The molecular weight excluding hydrogens is 260 g/mol. The second kappa shape index (κ2) is 7.53. The molecule has 1 heterocycles. The van der Waals surface area contributed by atoms with Gasteiger partial charge in [0.15, 0.2) is 5.16 Å². The molecule has 19 heavy (non-hydrogen) atoms. The summed E-state index contributed by atoms with van der Waals surface area (Å²) < 4.78 is 12.8. The van der Waals surface area contributed by atoms with E-state index >= 15 is 0 Å². The third-order valence-corrected chi connectivity index (χ3v) is 3.74. The van der Waals surface area contributed by atoms with Gasteiger partial charge in [-0.1, -0.05) is 23.9 Å². The van der Waals surface area contributed by atoms with Gasteiger partial charge < -0.3 is 14.0 Å². The van der Waals surface area contributed by atoms with E-state index in [2.05, 4.69) is 15.6 Å². The lowest BCUT2D eigenvalue weighted by molar-refractivity contribution is 0.164. The lowest BCUT2D eigenvalue weighted by Crippen LogP contribution is -2.06. The molecule has 0 saturated carbocycles. The molecule has 0 aliphatic carbocycles. The first-order chi connectivity index (χ1) is 9.36. The number of benzene rings is 1. The van der Waals surface area contributed by atoms with Crippen LogP contribution in [-0.4, -0.2) is 42.2 Å². The fourth-order valence-corrected chi connectivity index (χ4v) is 2.79. The molecule has 2 aromatic rings. The number of ether oxygens (including phenoxy) is 2. The van der Waals surface area contributed by atoms with Crippen molar-refractivity contribution >= 4 is 22.8 Å². The van der Waals surface area contributed by atoms with Crippen LogP contribution in [0.4, 0.5) is 0 Å². The van der Waals surface area contributed by atoms with Crippen LogP contribution in [-0.2, 0) is 16.0 Å². The highest BCUT2D eigenvalue weighted by Crippen LogP contribution is 2.23. The molecule has 0 aliphatic rings. The van der Waals surface area contributed by atoms with Crippen molar-refractivity contribution in [2.75, 3.05) is 32.7 Å². The minimum atomic E-state index is 0.694. The van der Waals surface area contributed by atoms with Crippen molar-refractivity contribution in [3.05, 3.63) is 24.3 Å². The van der Waals surface area contributed by atoms with E-state index in [1.165, 1.54) is 5.52 Å². The average Bonchev–Trinajstić information content (AvgIpc) is 2.79. The quantitative estimate of drug-likeness (QED) is 0.550. The van der Waals surface area contributed by atoms with E-state index in [4.69, 9.17) is 9.47 Å². The van der Waals surface area contributed by atoms with Gasteiger partial charge in [-0.2, -0.15) is 0 Å². The van der Waals surface area contributed by atoms with Gasteiger partial charge in [-0.25, -0.2) is 4.98 Å². The van der Waals surface area contributed by atoms with Crippen LogP contribution in [0.15, 0.2) is 29.4 Å². The zero-order valence-electron chi connectivity index (χ0n) is 11.5. The smallest absolute Gasteiger partial charge is 0.169 e. The molecule has 0 N–H and O–H groups in total. The zero-order valence-corrected chi connectivity index (χ0v) is 12.3. The minimum Gasteiger partial charge on any atom is -0.383 e. The Bertz CT molecular complexity index is 513. The van der Waals surface area contributed by atoms with Crippen molar-refractivity contribution < 1.29 is 9.47 Å². The molecule has 0 radical (unpaired) electrons. The summed E-state index contributed by atoms with van der Waals surface area (Å²) in [5, 5.41) is 1.04. The van der Waals surface area contributed by atoms with E-state index < -0.39 is 0 Å². The Kier molecular flexibility index (Phi) is 5.69. The number of fused-ring (bicyclic) bond motifs is 1. The normalized spacial score (nSPS) is 11.3. The Morgan fingerprint density at radius 3 is 2.89 bits per heavy atom. The lowest BCUT2D eigenvalue weighted by Gasteiger charge is -2.08. The predicted octanol–water partition coefficient (Wildman–Crippen LogP) is 2.81. The third kappa shape index (κ3) is 3.72. The van der Waals surface area contributed by atoms with E-state index in [0.29, 0.717) is 6.61 Å². The summed E-state index contributed by atoms with van der Waals surface area (Å²) in [6.07, 6.45) is 0. The number of nitrogens with zero attached hydrogens (tertiary/aromatic N) is 2. The van der Waals surface area contributed by atoms with E-state index in [0.717, 1.165) is 36.2 Å². The summed E-state index contributed by atoms with van der Waals surface area (Å²) in [5.74, 6) is 0.921. The molecule has 0 saturated heterocycles. The molecule has 0 bridgehead atoms. The van der Waals surface area contributed by atoms with Crippen LogP contribution in [0.25, 0.3) is 11.0 Å². The molecule has 5 heteroatoms. The number of hydrogen-bond donors (Lipinski definition) is 0. The largest absolute Gasteiger partial charge is 0.383 e. The fraction of sp³-hybridized carbons (Fsp3) is 0.500. The maximum Gasteiger partial charge on any atom is 0.169 e. The highest BCUT2D eigenvalue weighted by atomic mass is 32.2. The van der Waals surface area contributed by atoms with Gasteiger partial charge in [-0.15, -0.1) is 0 Å². The van der Waals surface area contributed by atoms with Crippen LogP contribution in [0, 0.1) is 0 Å². The standard InChI is InChI=1S/C14H20N2O2S/c1-3-18-10-11-19-14-15-12-6-4-5-7-13(12)16(14)8-9-17-2/h4-7H,3,8-11H2,1-2H3. The van der Waals surface area contributed by atoms with E-state index in [9.17, 15) is 0 Å². The topological polar surface area (TPSA) is 36.3 Å². The summed E-state index contributed by atoms with van der Waals surface area (Å²) in [6.45, 7) is 5.06. The Balaban J connectivity index is 2.15. The summed E-state index contributed by atoms with van der Waals surface area (Å²) in [7, 11) is 1.72. The molecular formula is C14H20N2O2S. The number of para-hydroxylation sites is 2. The Hall–Kier alpha value is -1.04. The Morgan fingerprint density at radius 1 is 1.26 bits per heavy atom. The number of hydrogen-bond acceptors (Lipinski definition) is 4. The SMILES string of the molecule is CCOCCSc1nc2ccccc2n1CCOC. The molecule has 0 atom stereocenters. The van der Waals surface area contributed by atoms with E-state index in [1.54, 1.807) is 18.9 Å². The van der Waals surface area contributed by atoms with Crippen molar-refractivity contribution in [1.82, 2.24) is 9.55 Å². The van der Waals surface area contributed by atoms with E-state index in [1.807, 2.05) is 25.1 Å². The molecule has 104 valence electrons. The molecule has 1 aromatic carbocycles. The van der Waals surface area contributed by atoms with Crippen LogP contribution in [0.1, 0.15) is 6.92 Å². The maximum absolute atomic E-state index is 5.37. The molecule has 0 aliphatic heterocycles. The van der Waals surface area contributed by atoms with Crippen LogP contribution in [0.2, 0.25) is 0 Å². The zero-order chi connectivity index (χ0) is 13.5. The van der Waals surface area contributed by atoms with Crippen LogP contribution in [0.5, 0.6) is 0 Å². The van der Waals surface area contributed by atoms with Gasteiger partial charge in [-0.3, -0.25) is 0 Å². The Labute approximate surface area is 118 Å². The second-order valence-electron chi connectivity index (χ2n) is 4.07. The summed E-state index contributed by atoms with van der Waals surface area (Å²) in [5.41, 5.74) is 2.20. The lowest BCUT2D eigenvalue weighted by atomic mass is 10.3. The van der Waals surface area contributed by atoms with Crippen molar-refractivity contribution in [2.24, 2.45) is 0 Å². The van der Waals surface area contributed by atoms with Crippen LogP contribution in [0.3, 0.4) is 0 Å². The van der Waals surface area contributed by atoms with E-state index in [-0.39, 0.29) is 0 Å². The second-order valence-corrected chi connectivity index (χ2v) is 5.13. The molecule has 0 unspecified atom stereocenters. The van der Waals surface area contributed by atoms with Crippen molar-refractivity contribution in [1.29, 1.82) is 0 Å². The number of rotatable bonds is 8. The maximum atomic E-state index is 5.37. The number of aromatic nitrogens is 2. The van der Waals surface area contributed by atoms with Gasteiger partial charge in [0.05, 0.1) is 24.2 Å². The van der Waals surface area contributed by atoms with Gasteiger partial charge in [0, 0.05) is 26.0 Å².